The topological polar surface area (TPSA) is 160 Å². The smallest absolute Gasteiger partial charge is 0.278 e. The van der Waals surface area contributed by atoms with E-state index in [1.165, 1.54) is 29.7 Å². The van der Waals surface area contributed by atoms with Gasteiger partial charge in [0.15, 0.2) is 22.7 Å². The second-order valence-electron chi connectivity index (χ2n) is 4.59. The fraction of sp³-hybridized carbons (Fsp3) is 0. The van der Waals surface area contributed by atoms with Gasteiger partial charge in [-0.3, -0.25) is 19.9 Å². The molecule has 24 heavy (non-hydrogen) atoms. The summed E-state index contributed by atoms with van der Waals surface area (Å²) in [5.74, 6) is -0.203. The van der Waals surface area contributed by atoms with Crippen LogP contribution in [-0.4, -0.2) is 50.8 Å². The first-order chi connectivity index (χ1) is 11.7. The molecule has 0 bridgehead atoms. The fourth-order valence-corrected chi connectivity index (χ4v) is 1.97. The zero-order chi connectivity index (χ0) is 16.5. The Balaban J connectivity index is 1.58. The molecule has 12 nitrogen and oxygen atoms in total. The number of fused-ring (bicyclic) bond motifs is 1. The Bertz CT molecular complexity index is 1060. The predicted molar refractivity (Wildman–Crippen MR) is 79.4 cm³/mol. The average Bonchev–Trinajstić information content (AvgIpc) is 3.26. The molecule has 118 valence electrons. The van der Waals surface area contributed by atoms with Crippen molar-refractivity contribution in [2.45, 2.75) is 0 Å². The molecule has 3 N–H and O–H groups in total. The van der Waals surface area contributed by atoms with Crippen LogP contribution in [-0.2, 0) is 0 Å². The molecule has 4 rings (SSSR count). The number of aromatic amines is 2. The van der Waals surface area contributed by atoms with Gasteiger partial charge >= 0.3 is 0 Å². The summed E-state index contributed by atoms with van der Waals surface area (Å²) in [4.78, 5) is 40.7. The van der Waals surface area contributed by atoms with E-state index < -0.39 is 11.5 Å². The van der Waals surface area contributed by atoms with E-state index >= 15 is 0 Å². The summed E-state index contributed by atoms with van der Waals surface area (Å²) in [6.07, 6.45) is 4.15. The number of aromatic nitrogens is 9. The molecule has 0 saturated carbocycles. The summed E-state index contributed by atoms with van der Waals surface area (Å²) >= 11 is 0. The highest BCUT2D eigenvalue weighted by molar-refractivity contribution is 6.01. The van der Waals surface area contributed by atoms with Gasteiger partial charge in [-0.25, -0.2) is 14.6 Å². The largest absolute Gasteiger partial charge is 0.339 e. The molecule has 0 atom stereocenters. The van der Waals surface area contributed by atoms with Crippen molar-refractivity contribution in [1.29, 1.82) is 0 Å². The Morgan fingerprint density at radius 1 is 1.25 bits per heavy atom. The molecule has 0 saturated heterocycles. The molecule has 0 aliphatic carbocycles. The van der Waals surface area contributed by atoms with Crippen LogP contribution >= 0.6 is 0 Å². The van der Waals surface area contributed by atoms with Gasteiger partial charge < -0.3 is 4.98 Å². The number of hydrogen-bond acceptors (Lipinski definition) is 8. The first kappa shape index (κ1) is 13.7. The first-order valence-corrected chi connectivity index (χ1v) is 6.64. The second-order valence-corrected chi connectivity index (χ2v) is 4.59. The second kappa shape index (κ2) is 5.35. The summed E-state index contributed by atoms with van der Waals surface area (Å²) in [5.41, 5.74) is 0.0238. The molecule has 0 aliphatic heterocycles. The number of hydrogen-bond donors (Lipinski definition) is 3. The van der Waals surface area contributed by atoms with Gasteiger partial charge in [-0.1, -0.05) is 0 Å². The van der Waals surface area contributed by atoms with E-state index in [1.807, 2.05) is 0 Å². The molecule has 0 aliphatic rings. The minimum absolute atomic E-state index is 0.0354. The molecular weight excluding hydrogens is 316 g/mol. The predicted octanol–water partition coefficient (Wildman–Crippen LogP) is -0.731. The van der Waals surface area contributed by atoms with Crippen LogP contribution in [0.4, 0.5) is 5.95 Å². The number of imidazole rings is 1. The van der Waals surface area contributed by atoms with E-state index in [9.17, 15) is 9.59 Å². The number of carbonyl (C=O) groups is 1. The highest BCUT2D eigenvalue weighted by Crippen LogP contribution is 2.06. The van der Waals surface area contributed by atoms with Gasteiger partial charge in [0.2, 0.25) is 5.95 Å². The van der Waals surface area contributed by atoms with Crippen LogP contribution in [0.5, 0.6) is 0 Å². The van der Waals surface area contributed by atoms with Gasteiger partial charge in [-0.2, -0.15) is 10.1 Å². The fourth-order valence-electron chi connectivity index (χ4n) is 1.97. The maximum absolute atomic E-state index is 12.2. The van der Waals surface area contributed by atoms with E-state index in [2.05, 4.69) is 45.5 Å². The molecule has 4 aromatic rings. The normalized spacial score (nSPS) is 10.8. The van der Waals surface area contributed by atoms with Crippen LogP contribution in [0.15, 0.2) is 35.9 Å². The molecule has 0 spiro atoms. The summed E-state index contributed by atoms with van der Waals surface area (Å²) in [5, 5.41) is 14.0. The third-order valence-electron chi connectivity index (χ3n) is 3.06. The Morgan fingerprint density at radius 2 is 2.17 bits per heavy atom. The van der Waals surface area contributed by atoms with Crippen LogP contribution in [0.25, 0.3) is 17.0 Å². The lowest BCUT2D eigenvalue weighted by molar-refractivity contribution is 0.102. The standard InChI is InChI=1S/C12H8N10O2/c23-10(6-1-2-7(21-20-6)22-5-13-3-16-22)18-12-17-9-8(11(24)19-12)14-4-15-9/h1-5H,(H3,14,15,17,18,19,23,24). The minimum atomic E-state index is -0.578. The van der Waals surface area contributed by atoms with Gasteiger partial charge in [0.05, 0.1) is 6.33 Å². The van der Waals surface area contributed by atoms with E-state index in [1.54, 1.807) is 6.07 Å². The number of anilines is 1. The molecule has 0 radical (unpaired) electrons. The van der Waals surface area contributed by atoms with E-state index in [4.69, 9.17) is 0 Å². The molecule has 1 amide bonds. The number of nitrogens with zero attached hydrogens (tertiary/aromatic N) is 7. The van der Waals surface area contributed by atoms with Gasteiger partial charge in [0.1, 0.15) is 12.7 Å². The third-order valence-corrected chi connectivity index (χ3v) is 3.06. The number of amides is 1. The Hall–Kier alpha value is -3.96. The molecule has 0 fully saturated rings. The van der Waals surface area contributed by atoms with Crippen molar-refractivity contribution in [2.75, 3.05) is 5.32 Å². The summed E-state index contributed by atoms with van der Waals surface area (Å²) in [7, 11) is 0. The maximum atomic E-state index is 12.2. The monoisotopic (exact) mass is 324 g/mol. The van der Waals surface area contributed by atoms with E-state index in [0.29, 0.717) is 5.82 Å². The minimum Gasteiger partial charge on any atom is -0.339 e. The van der Waals surface area contributed by atoms with Gasteiger partial charge in [0.25, 0.3) is 11.5 Å². The number of nitrogens with one attached hydrogen (secondary N) is 3. The lowest BCUT2D eigenvalue weighted by Gasteiger charge is -2.03. The van der Waals surface area contributed by atoms with Crippen LogP contribution in [0.2, 0.25) is 0 Å². The van der Waals surface area contributed by atoms with Gasteiger partial charge in [-0.15, -0.1) is 10.2 Å². The van der Waals surface area contributed by atoms with Crippen molar-refractivity contribution in [3.05, 3.63) is 47.2 Å². The summed E-state index contributed by atoms with van der Waals surface area (Å²) in [6, 6.07) is 3.02. The SMILES string of the molecule is O=C(Nc1nc2nc[nH]c2c(=O)[nH]1)c1ccc(-n2cncn2)nn1. The van der Waals surface area contributed by atoms with Crippen molar-refractivity contribution < 1.29 is 4.79 Å². The molecular formula is C12H8N10O2. The Kier molecular flexibility index (Phi) is 3.05. The van der Waals surface area contributed by atoms with E-state index in [-0.39, 0.29) is 22.8 Å². The summed E-state index contributed by atoms with van der Waals surface area (Å²) in [6.45, 7) is 0. The number of rotatable bonds is 3. The molecule has 12 heteroatoms. The highest BCUT2D eigenvalue weighted by atomic mass is 16.2. The number of H-pyrrole nitrogens is 2. The summed E-state index contributed by atoms with van der Waals surface area (Å²) < 4.78 is 1.40. The van der Waals surface area contributed by atoms with Gasteiger partial charge in [0, 0.05) is 0 Å². The van der Waals surface area contributed by atoms with Crippen LogP contribution in [0, 0.1) is 0 Å². The molecule has 4 aromatic heterocycles. The third kappa shape index (κ3) is 2.37. The van der Waals surface area contributed by atoms with Crippen molar-refractivity contribution in [3.63, 3.8) is 0 Å². The van der Waals surface area contributed by atoms with Crippen molar-refractivity contribution >= 4 is 23.0 Å². The van der Waals surface area contributed by atoms with Crippen molar-refractivity contribution in [1.82, 2.24) is 44.9 Å². The average molecular weight is 324 g/mol. The lowest BCUT2D eigenvalue weighted by Crippen LogP contribution is -2.20. The first-order valence-electron chi connectivity index (χ1n) is 6.64. The zero-order valence-electron chi connectivity index (χ0n) is 11.8. The van der Waals surface area contributed by atoms with E-state index in [0.717, 1.165) is 0 Å². The van der Waals surface area contributed by atoms with Crippen LogP contribution in [0.3, 0.4) is 0 Å². The van der Waals surface area contributed by atoms with Gasteiger partial charge in [-0.05, 0) is 12.1 Å². The molecule has 0 aromatic carbocycles. The van der Waals surface area contributed by atoms with Crippen LogP contribution in [0.1, 0.15) is 10.5 Å². The maximum Gasteiger partial charge on any atom is 0.278 e. The lowest BCUT2D eigenvalue weighted by atomic mass is 10.3. The Labute approximate surface area is 132 Å². The quantitative estimate of drug-likeness (QED) is 0.444. The molecule has 4 heterocycles. The van der Waals surface area contributed by atoms with Crippen molar-refractivity contribution in [2.24, 2.45) is 0 Å². The highest BCUT2D eigenvalue weighted by Gasteiger charge is 2.12. The van der Waals surface area contributed by atoms with Crippen molar-refractivity contribution in [3.8, 4) is 5.82 Å². The molecule has 0 unspecified atom stereocenters. The number of carbonyl (C=O) groups excluding carboxylic acids is 1. The van der Waals surface area contributed by atoms with Crippen LogP contribution < -0.4 is 10.9 Å². The zero-order valence-corrected chi connectivity index (χ0v) is 11.8. The Morgan fingerprint density at radius 3 is 2.92 bits per heavy atom.